The van der Waals surface area contributed by atoms with Crippen molar-refractivity contribution in [3.8, 4) is 11.5 Å². The molecule has 0 atom stereocenters. The van der Waals surface area contributed by atoms with E-state index in [0.29, 0.717) is 12.4 Å². The highest BCUT2D eigenvalue weighted by Gasteiger charge is 2.06. The molecule has 2 N–H and O–H groups in total. The standard InChI is InChI=1S/C18H23NO3/c1-2-21-18-12-16(8-9-17(18)22-11-10-20)14-19-13-15-6-4-3-5-7-15/h3-9,12,19-20H,2,10-11,13-14H2,1H3. The average molecular weight is 301 g/mol. The molecule has 0 aliphatic heterocycles. The molecule has 0 spiro atoms. The minimum Gasteiger partial charge on any atom is -0.490 e. The molecule has 0 aliphatic rings. The van der Waals surface area contributed by atoms with E-state index in [4.69, 9.17) is 14.6 Å². The summed E-state index contributed by atoms with van der Waals surface area (Å²) in [7, 11) is 0. The number of aliphatic hydroxyl groups excluding tert-OH is 1. The first-order valence-corrected chi connectivity index (χ1v) is 7.57. The average Bonchev–Trinajstić information content (AvgIpc) is 2.55. The summed E-state index contributed by atoms with van der Waals surface area (Å²) in [4.78, 5) is 0. The third-order valence-corrected chi connectivity index (χ3v) is 3.16. The van der Waals surface area contributed by atoms with Crippen LogP contribution in [0.15, 0.2) is 48.5 Å². The van der Waals surface area contributed by atoms with Gasteiger partial charge in [-0.25, -0.2) is 0 Å². The van der Waals surface area contributed by atoms with Crippen LogP contribution in [-0.2, 0) is 13.1 Å². The van der Waals surface area contributed by atoms with Crippen LogP contribution in [0.3, 0.4) is 0 Å². The quantitative estimate of drug-likeness (QED) is 0.748. The summed E-state index contributed by atoms with van der Waals surface area (Å²) in [6.45, 7) is 4.37. The normalized spacial score (nSPS) is 10.5. The van der Waals surface area contributed by atoms with E-state index in [2.05, 4.69) is 17.4 Å². The largest absolute Gasteiger partial charge is 0.490 e. The van der Waals surface area contributed by atoms with Gasteiger partial charge in [0.15, 0.2) is 11.5 Å². The SMILES string of the molecule is CCOc1cc(CNCc2ccccc2)ccc1OCCO. The van der Waals surface area contributed by atoms with Crippen molar-refractivity contribution < 1.29 is 14.6 Å². The Morgan fingerprint density at radius 3 is 2.41 bits per heavy atom. The van der Waals surface area contributed by atoms with E-state index in [1.165, 1.54) is 5.56 Å². The highest BCUT2D eigenvalue weighted by atomic mass is 16.5. The van der Waals surface area contributed by atoms with Crippen LogP contribution in [-0.4, -0.2) is 24.9 Å². The van der Waals surface area contributed by atoms with Gasteiger partial charge in [-0.05, 0) is 30.2 Å². The topological polar surface area (TPSA) is 50.7 Å². The molecular formula is C18H23NO3. The van der Waals surface area contributed by atoms with Gasteiger partial charge >= 0.3 is 0 Å². The maximum atomic E-state index is 8.85. The molecule has 4 heteroatoms. The summed E-state index contributed by atoms with van der Waals surface area (Å²) < 4.78 is 11.1. The summed E-state index contributed by atoms with van der Waals surface area (Å²) in [5.74, 6) is 1.39. The molecule has 0 bridgehead atoms. The minimum atomic E-state index is -0.00799. The molecule has 118 valence electrons. The first-order chi connectivity index (χ1) is 10.8. The molecule has 0 saturated heterocycles. The third kappa shape index (κ3) is 5.06. The number of aliphatic hydroxyl groups is 1. The Morgan fingerprint density at radius 2 is 1.68 bits per heavy atom. The lowest BCUT2D eigenvalue weighted by molar-refractivity contribution is 0.194. The van der Waals surface area contributed by atoms with Crippen molar-refractivity contribution in [3.63, 3.8) is 0 Å². The van der Waals surface area contributed by atoms with Gasteiger partial charge in [-0.15, -0.1) is 0 Å². The Kier molecular flexibility index (Phi) is 6.74. The van der Waals surface area contributed by atoms with Gasteiger partial charge in [-0.2, -0.15) is 0 Å². The molecule has 2 aromatic rings. The summed E-state index contributed by atoms with van der Waals surface area (Å²) >= 11 is 0. The van der Waals surface area contributed by atoms with Crippen molar-refractivity contribution in [2.45, 2.75) is 20.0 Å². The van der Waals surface area contributed by atoms with E-state index in [-0.39, 0.29) is 13.2 Å². The Balaban J connectivity index is 1.94. The van der Waals surface area contributed by atoms with Gasteiger partial charge < -0.3 is 19.9 Å². The van der Waals surface area contributed by atoms with Crippen LogP contribution in [0.2, 0.25) is 0 Å². The fraction of sp³-hybridized carbons (Fsp3) is 0.333. The molecule has 0 radical (unpaired) electrons. The predicted octanol–water partition coefficient (Wildman–Crippen LogP) is 2.75. The molecule has 0 fully saturated rings. The van der Waals surface area contributed by atoms with E-state index in [1.807, 2.05) is 43.3 Å². The number of hydrogen-bond acceptors (Lipinski definition) is 4. The third-order valence-electron chi connectivity index (χ3n) is 3.16. The maximum absolute atomic E-state index is 8.85. The van der Waals surface area contributed by atoms with Crippen LogP contribution in [0, 0.1) is 0 Å². The van der Waals surface area contributed by atoms with E-state index in [9.17, 15) is 0 Å². The lowest BCUT2D eigenvalue weighted by atomic mass is 10.2. The first kappa shape index (κ1) is 16.3. The fourth-order valence-corrected chi connectivity index (χ4v) is 2.15. The van der Waals surface area contributed by atoms with Crippen LogP contribution in [0.1, 0.15) is 18.1 Å². The van der Waals surface area contributed by atoms with Crippen LogP contribution in [0.5, 0.6) is 11.5 Å². The highest BCUT2D eigenvalue weighted by Crippen LogP contribution is 2.28. The van der Waals surface area contributed by atoms with E-state index in [0.717, 1.165) is 24.4 Å². The number of nitrogens with one attached hydrogen (secondary N) is 1. The van der Waals surface area contributed by atoms with E-state index < -0.39 is 0 Å². The zero-order valence-electron chi connectivity index (χ0n) is 12.9. The van der Waals surface area contributed by atoms with Gasteiger partial charge in [-0.3, -0.25) is 0 Å². The summed E-state index contributed by atoms with van der Waals surface area (Å²) in [5, 5.41) is 12.3. The molecule has 0 amide bonds. The molecular weight excluding hydrogens is 278 g/mol. The smallest absolute Gasteiger partial charge is 0.161 e. The molecule has 0 aromatic heterocycles. The molecule has 0 saturated carbocycles. The Labute approximate surface area is 131 Å². The predicted molar refractivity (Wildman–Crippen MR) is 87.2 cm³/mol. The zero-order valence-corrected chi connectivity index (χ0v) is 12.9. The van der Waals surface area contributed by atoms with Gasteiger partial charge in [0, 0.05) is 13.1 Å². The van der Waals surface area contributed by atoms with Crippen molar-refractivity contribution in [3.05, 3.63) is 59.7 Å². The Hall–Kier alpha value is -2.04. The number of benzene rings is 2. The second kappa shape index (κ2) is 9.07. The van der Waals surface area contributed by atoms with Crippen molar-refractivity contribution in [2.24, 2.45) is 0 Å². The summed E-state index contributed by atoms with van der Waals surface area (Å²) in [6.07, 6.45) is 0. The van der Waals surface area contributed by atoms with Crippen molar-refractivity contribution in [2.75, 3.05) is 19.8 Å². The second-order valence-corrected chi connectivity index (χ2v) is 4.88. The summed E-state index contributed by atoms with van der Waals surface area (Å²) in [5.41, 5.74) is 2.39. The van der Waals surface area contributed by atoms with Gasteiger partial charge in [0.25, 0.3) is 0 Å². The molecule has 0 heterocycles. The first-order valence-electron chi connectivity index (χ1n) is 7.57. The molecule has 2 rings (SSSR count). The second-order valence-electron chi connectivity index (χ2n) is 4.88. The fourth-order valence-electron chi connectivity index (χ4n) is 2.15. The maximum Gasteiger partial charge on any atom is 0.161 e. The highest BCUT2D eigenvalue weighted by molar-refractivity contribution is 5.43. The van der Waals surface area contributed by atoms with Gasteiger partial charge in [-0.1, -0.05) is 36.4 Å². The summed E-state index contributed by atoms with van der Waals surface area (Å²) in [6, 6.07) is 16.2. The number of rotatable bonds is 9. The molecule has 0 aliphatic carbocycles. The van der Waals surface area contributed by atoms with E-state index in [1.54, 1.807) is 0 Å². The van der Waals surface area contributed by atoms with Crippen molar-refractivity contribution in [1.82, 2.24) is 5.32 Å². The van der Waals surface area contributed by atoms with Crippen molar-refractivity contribution in [1.29, 1.82) is 0 Å². The Morgan fingerprint density at radius 1 is 0.909 bits per heavy atom. The Bertz CT molecular complexity index is 558. The van der Waals surface area contributed by atoms with Gasteiger partial charge in [0.05, 0.1) is 13.2 Å². The zero-order chi connectivity index (χ0) is 15.6. The van der Waals surface area contributed by atoms with Crippen molar-refractivity contribution >= 4 is 0 Å². The molecule has 2 aromatic carbocycles. The molecule has 0 unspecified atom stereocenters. The van der Waals surface area contributed by atoms with Crippen LogP contribution >= 0.6 is 0 Å². The van der Waals surface area contributed by atoms with E-state index >= 15 is 0 Å². The number of ether oxygens (including phenoxy) is 2. The van der Waals surface area contributed by atoms with Gasteiger partial charge in [0.2, 0.25) is 0 Å². The van der Waals surface area contributed by atoms with Crippen LogP contribution in [0.25, 0.3) is 0 Å². The van der Waals surface area contributed by atoms with Gasteiger partial charge in [0.1, 0.15) is 6.61 Å². The lowest BCUT2D eigenvalue weighted by Gasteiger charge is -2.13. The van der Waals surface area contributed by atoms with Crippen LogP contribution < -0.4 is 14.8 Å². The number of hydrogen-bond donors (Lipinski definition) is 2. The molecule has 22 heavy (non-hydrogen) atoms. The minimum absolute atomic E-state index is 0.00799. The van der Waals surface area contributed by atoms with Crippen LogP contribution in [0.4, 0.5) is 0 Å². The molecule has 4 nitrogen and oxygen atoms in total. The monoisotopic (exact) mass is 301 g/mol. The lowest BCUT2D eigenvalue weighted by Crippen LogP contribution is -2.13.